The minimum atomic E-state index is -0.387. The predicted octanol–water partition coefficient (Wildman–Crippen LogP) is 4.42. The number of likely N-dealkylation sites (N-methyl/N-ethyl adjacent to an activating group) is 1. The zero-order chi connectivity index (χ0) is 23.0. The van der Waals surface area contributed by atoms with Crippen molar-refractivity contribution in [3.05, 3.63) is 70.9 Å². The molecule has 1 amide bonds. The molecule has 2 heterocycles. The summed E-state index contributed by atoms with van der Waals surface area (Å²) in [5, 5.41) is 4.41. The van der Waals surface area contributed by atoms with E-state index in [-0.39, 0.29) is 11.4 Å². The Morgan fingerprint density at radius 1 is 1.27 bits per heavy atom. The van der Waals surface area contributed by atoms with Gasteiger partial charge in [0.05, 0.1) is 11.1 Å². The van der Waals surface area contributed by atoms with Crippen LogP contribution in [-0.2, 0) is 5.54 Å². The lowest BCUT2D eigenvalue weighted by atomic mass is 9.95. The van der Waals surface area contributed by atoms with Crippen molar-refractivity contribution in [2.75, 3.05) is 20.2 Å². The first-order valence-corrected chi connectivity index (χ1v) is 11.6. The molecule has 0 radical (unpaired) electrons. The Kier molecular flexibility index (Phi) is 5.55. The van der Waals surface area contributed by atoms with Gasteiger partial charge in [-0.1, -0.05) is 18.1 Å². The number of hydrogen-bond acceptors (Lipinski definition) is 4. The quantitative estimate of drug-likeness (QED) is 0.578. The number of amides is 1. The number of aromatic nitrogens is 1. The minimum absolute atomic E-state index is 0.0692. The Balaban J connectivity index is 1.41. The number of likely N-dealkylation sites (tertiary alicyclic amines) is 1. The van der Waals surface area contributed by atoms with Crippen LogP contribution in [0.4, 0.5) is 0 Å². The van der Waals surface area contributed by atoms with E-state index in [0.717, 1.165) is 59.2 Å². The van der Waals surface area contributed by atoms with Gasteiger partial charge in [0.2, 0.25) is 0 Å². The van der Waals surface area contributed by atoms with Gasteiger partial charge in [-0.2, -0.15) is 0 Å². The Morgan fingerprint density at radius 2 is 2.12 bits per heavy atom. The molecular weight excluding hydrogens is 410 g/mol. The van der Waals surface area contributed by atoms with Crippen LogP contribution in [0.5, 0.6) is 5.75 Å². The maximum Gasteiger partial charge on any atom is 0.252 e. The van der Waals surface area contributed by atoms with Gasteiger partial charge in [0, 0.05) is 28.8 Å². The zero-order valence-corrected chi connectivity index (χ0v) is 19.4. The van der Waals surface area contributed by atoms with E-state index in [9.17, 15) is 4.79 Å². The van der Waals surface area contributed by atoms with Gasteiger partial charge in [-0.15, -0.1) is 5.92 Å². The number of aryl methyl sites for hydroxylation is 1. The second-order valence-corrected chi connectivity index (χ2v) is 9.22. The highest BCUT2D eigenvalue weighted by atomic mass is 16.5. The molecule has 1 saturated carbocycles. The molecule has 2 aliphatic rings. The van der Waals surface area contributed by atoms with E-state index in [4.69, 9.17) is 4.74 Å². The Hall–Kier alpha value is -3.36. The molecule has 0 unspecified atom stereocenters. The van der Waals surface area contributed by atoms with E-state index in [1.54, 1.807) is 6.20 Å². The van der Waals surface area contributed by atoms with Crippen molar-refractivity contribution in [3.8, 4) is 17.6 Å². The number of pyridine rings is 1. The lowest BCUT2D eigenvalue weighted by Gasteiger charge is -2.37. The van der Waals surface area contributed by atoms with Gasteiger partial charge in [-0.05, 0) is 88.2 Å². The van der Waals surface area contributed by atoms with E-state index in [1.165, 1.54) is 0 Å². The van der Waals surface area contributed by atoms with Gasteiger partial charge in [0.1, 0.15) is 12.4 Å². The van der Waals surface area contributed by atoms with Crippen LogP contribution in [0, 0.1) is 18.8 Å². The van der Waals surface area contributed by atoms with Gasteiger partial charge in [-0.3, -0.25) is 14.7 Å². The summed E-state index contributed by atoms with van der Waals surface area (Å²) in [6, 6.07) is 14.4. The average molecular weight is 440 g/mol. The Morgan fingerprint density at radius 3 is 2.82 bits per heavy atom. The number of nitrogens with zero attached hydrogens (tertiary/aromatic N) is 2. The third-order valence-electron chi connectivity index (χ3n) is 6.94. The highest BCUT2D eigenvalue weighted by molar-refractivity contribution is 5.97. The number of rotatable bonds is 6. The molecule has 3 aromatic rings. The summed E-state index contributed by atoms with van der Waals surface area (Å²) < 4.78 is 6.01. The second kappa shape index (κ2) is 8.53. The summed E-state index contributed by atoms with van der Waals surface area (Å²) in [6.45, 7) is 5.56. The molecule has 1 atom stereocenters. The van der Waals surface area contributed by atoms with Crippen LogP contribution in [-0.4, -0.2) is 42.0 Å². The molecule has 1 aromatic heterocycles. The van der Waals surface area contributed by atoms with Crippen LogP contribution >= 0.6 is 0 Å². The van der Waals surface area contributed by atoms with Crippen molar-refractivity contribution in [2.24, 2.45) is 0 Å². The molecule has 1 saturated heterocycles. The summed E-state index contributed by atoms with van der Waals surface area (Å²) in [4.78, 5) is 20.3. The van der Waals surface area contributed by atoms with Gasteiger partial charge in [0.15, 0.2) is 0 Å². The average Bonchev–Trinajstić information content (AvgIpc) is 3.59. The van der Waals surface area contributed by atoms with Crippen LogP contribution in [0.1, 0.15) is 53.2 Å². The Bertz CT molecular complexity index is 1280. The number of fused-ring (bicyclic) bond motifs is 1. The lowest BCUT2D eigenvalue weighted by molar-refractivity contribution is 0.0767. The first-order valence-electron chi connectivity index (χ1n) is 11.6. The first kappa shape index (κ1) is 21.5. The maximum absolute atomic E-state index is 13.4. The summed E-state index contributed by atoms with van der Waals surface area (Å²) in [7, 11) is 2.11. The summed E-state index contributed by atoms with van der Waals surface area (Å²) in [5.41, 5.74) is 4.13. The number of carbonyl (C=O) groups excluding carboxylic acids is 1. The van der Waals surface area contributed by atoms with Crippen molar-refractivity contribution in [3.63, 3.8) is 0 Å². The smallest absolute Gasteiger partial charge is 0.252 e. The highest BCUT2D eigenvalue weighted by Gasteiger charge is 2.47. The van der Waals surface area contributed by atoms with E-state index >= 15 is 0 Å². The van der Waals surface area contributed by atoms with Gasteiger partial charge < -0.3 is 10.1 Å². The van der Waals surface area contributed by atoms with E-state index in [2.05, 4.69) is 46.2 Å². The number of nitrogens with one attached hydrogen (secondary N) is 1. The standard InChI is InChI=1S/C28H29N3O2/c1-4-6-20-15-25(23-7-5-13-29-26(23)16-20)28(11-12-28)30-27(32)24-17-22(9-8-19(24)2)33-18-21-10-14-31(21)3/h5,7-9,13,15-17,21H,10-12,14,18H2,1-3H3,(H,30,32)/t21-/m0/s1. The molecule has 1 aliphatic carbocycles. The SMILES string of the molecule is CC#Cc1cc(C2(NC(=O)c3cc(OC[C@@H]4CCN4C)ccc3C)CC2)c2cccnc2c1. The van der Waals surface area contributed by atoms with Crippen molar-refractivity contribution in [1.29, 1.82) is 0 Å². The molecule has 2 fully saturated rings. The van der Waals surface area contributed by atoms with Crippen molar-refractivity contribution in [2.45, 2.75) is 44.7 Å². The molecule has 5 heteroatoms. The summed E-state index contributed by atoms with van der Waals surface area (Å²) >= 11 is 0. The topological polar surface area (TPSA) is 54.5 Å². The fourth-order valence-electron chi connectivity index (χ4n) is 4.57. The van der Waals surface area contributed by atoms with Gasteiger partial charge in [0.25, 0.3) is 5.91 Å². The fourth-order valence-corrected chi connectivity index (χ4v) is 4.57. The van der Waals surface area contributed by atoms with Gasteiger partial charge in [-0.25, -0.2) is 0 Å². The second-order valence-electron chi connectivity index (χ2n) is 9.22. The Labute approximate surface area is 195 Å². The normalized spacial score (nSPS) is 18.7. The molecule has 1 N–H and O–H groups in total. The first-order chi connectivity index (χ1) is 16.0. The van der Waals surface area contributed by atoms with Crippen LogP contribution < -0.4 is 10.1 Å². The highest BCUT2D eigenvalue weighted by Crippen LogP contribution is 2.48. The molecule has 1 aliphatic heterocycles. The third-order valence-corrected chi connectivity index (χ3v) is 6.94. The fraction of sp³-hybridized carbons (Fsp3) is 0.357. The lowest BCUT2D eigenvalue weighted by Crippen LogP contribution is -2.48. The third kappa shape index (κ3) is 4.19. The molecule has 5 rings (SSSR count). The van der Waals surface area contributed by atoms with E-state index in [0.29, 0.717) is 18.2 Å². The number of benzene rings is 2. The largest absolute Gasteiger partial charge is 0.492 e. The van der Waals surface area contributed by atoms with Crippen molar-refractivity contribution < 1.29 is 9.53 Å². The van der Waals surface area contributed by atoms with Gasteiger partial charge >= 0.3 is 0 Å². The molecule has 168 valence electrons. The monoisotopic (exact) mass is 439 g/mol. The molecule has 0 bridgehead atoms. The van der Waals surface area contributed by atoms with Crippen LogP contribution in [0.15, 0.2) is 48.7 Å². The maximum atomic E-state index is 13.4. The molecule has 5 nitrogen and oxygen atoms in total. The van der Waals surface area contributed by atoms with E-state index < -0.39 is 0 Å². The summed E-state index contributed by atoms with van der Waals surface area (Å²) in [6.07, 6.45) is 4.75. The minimum Gasteiger partial charge on any atom is -0.492 e. The molecule has 33 heavy (non-hydrogen) atoms. The zero-order valence-electron chi connectivity index (χ0n) is 19.4. The van der Waals surface area contributed by atoms with Crippen molar-refractivity contribution >= 4 is 16.8 Å². The van der Waals surface area contributed by atoms with Crippen LogP contribution in [0.25, 0.3) is 10.9 Å². The van der Waals surface area contributed by atoms with Crippen LogP contribution in [0.2, 0.25) is 0 Å². The van der Waals surface area contributed by atoms with Crippen molar-refractivity contribution in [1.82, 2.24) is 15.2 Å². The molecule has 2 aromatic carbocycles. The van der Waals surface area contributed by atoms with E-state index in [1.807, 2.05) is 44.2 Å². The number of ether oxygens (including phenoxy) is 1. The predicted molar refractivity (Wildman–Crippen MR) is 130 cm³/mol. The number of carbonyl (C=O) groups is 1. The molecular formula is C28H29N3O2. The molecule has 0 spiro atoms. The number of hydrogen-bond donors (Lipinski definition) is 1. The van der Waals surface area contributed by atoms with Crippen LogP contribution in [0.3, 0.4) is 0 Å². The summed E-state index contributed by atoms with van der Waals surface area (Å²) in [5.74, 6) is 6.80.